The van der Waals surface area contributed by atoms with Gasteiger partial charge < -0.3 is 14.6 Å². The first-order valence-corrected chi connectivity index (χ1v) is 7.79. The van der Waals surface area contributed by atoms with Crippen LogP contribution in [0.15, 0.2) is 60.7 Å². The second-order valence-electron chi connectivity index (χ2n) is 5.49. The van der Waals surface area contributed by atoms with E-state index in [0.717, 1.165) is 10.9 Å². The minimum absolute atomic E-state index is 0.00514. The molecule has 0 saturated heterocycles. The summed E-state index contributed by atoms with van der Waals surface area (Å²) in [6.07, 6.45) is 3.09. The minimum atomic E-state index is -0.277. The lowest BCUT2D eigenvalue weighted by molar-refractivity contribution is 0.104. The van der Waals surface area contributed by atoms with Crippen LogP contribution in [-0.2, 0) is 0 Å². The SMILES string of the molecule is COc1ccc(C=CC(=O)c2ccc3ccccc3c2O)c(OC)c1. The van der Waals surface area contributed by atoms with Crippen LogP contribution in [0.2, 0.25) is 0 Å². The summed E-state index contributed by atoms with van der Waals surface area (Å²) in [7, 11) is 3.14. The third-order valence-corrected chi connectivity index (χ3v) is 4.02. The van der Waals surface area contributed by atoms with E-state index in [0.29, 0.717) is 16.9 Å². The number of carbonyl (C=O) groups excluding carboxylic acids is 1. The zero-order valence-electron chi connectivity index (χ0n) is 14.0. The van der Waals surface area contributed by atoms with Crippen molar-refractivity contribution in [1.82, 2.24) is 0 Å². The number of ether oxygens (including phenoxy) is 2. The van der Waals surface area contributed by atoms with Crippen LogP contribution in [0.1, 0.15) is 15.9 Å². The van der Waals surface area contributed by atoms with E-state index in [9.17, 15) is 9.90 Å². The van der Waals surface area contributed by atoms with Gasteiger partial charge in [0.15, 0.2) is 5.78 Å². The fourth-order valence-electron chi connectivity index (χ4n) is 2.67. The van der Waals surface area contributed by atoms with Crippen LogP contribution in [-0.4, -0.2) is 25.1 Å². The lowest BCUT2D eigenvalue weighted by atomic mass is 10.0. The zero-order valence-corrected chi connectivity index (χ0v) is 14.0. The van der Waals surface area contributed by atoms with Crippen molar-refractivity contribution in [2.75, 3.05) is 14.2 Å². The van der Waals surface area contributed by atoms with Crippen molar-refractivity contribution in [1.29, 1.82) is 0 Å². The van der Waals surface area contributed by atoms with Gasteiger partial charge in [-0.2, -0.15) is 0 Å². The van der Waals surface area contributed by atoms with Gasteiger partial charge in [-0.05, 0) is 35.7 Å². The van der Waals surface area contributed by atoms with Gasteiger partial charge in [0, 0.05) is 17.0 Å². The maximum absolute atomic E-state index is 12.5. The molecule has 0 saturated carbocycles. The number of aromatic hydroxyl groups is 1. The van der Waals surface area contributed by atoms with Gasteiger partial charge in [-0.1, -0.05) is 30.3 Å². The Kier molecular flexibility index (Phi) is 4.70. The maximum Gasteiger partial charge on any atom is 0.189 e. The van der Waals surface area contributed by atoms with E-state index in [1.54, 1.807) is 44.6 Å². The van der Waals surface area contributed by atoms with Crippen LogP contribution in [0.5, 0.6) is 17.2 Å². The van der Waals surface area contributed by atoms with E-state index in [1.807, 2.05) is 30.3 Å². The van der Waals surface area contributed by atoms with Gasteiger partial charge in [-0.25, -0.2) is 0 Å². The van der Waals surface area contributed by atoms with E-state index in [-0.39, 0.29) is 17.1 Å². The summed E-state index contributed by atoms with van der Waals surface area (Å²) in [6.45, 7) is 0. The summed E-state index contributed by atoms with van der Waals surface area (Å²) in [5.74, 6) is 0.995. The van der Waals surface area contributed by atoms with Crippen molar-refractivity contribution in [3.63, 3.8) is 0 Å². The molecule has 3 aromatic carbocycles. The third-order valence-electron chi connectivity index (χ3n) is 4.02. The van der Waals surface area contributed by atoms with Crippen molar-refractivity contribution in [3.05, 3.63) is 71.8 Å². The topological polar surface area (TPSA) is 55.8 Å². The molecule has 3 aromatic rings. The van der Waals surface area contributed by atoms with Gasteiger partial charge in [-0.15, -0.1) is 0 Å². The summed E-state index contributed by atoms with van der Waals surface area (Å²) in [4.78, 5) is 12.5. The lowest BCUT2D eigenvalue weighted by Crippen LogP contribution is -1.96. The molecule has 0 atom stereocenters. The van der Waals surface area contributed by atoms with Crippen LogP contribution in [0.4, 0.5) is 0 Å². The molecule has 4 heteroatoms. The summed E-state index contributed by atoms with van der Waals surface area (Å²) in [5, 5.41) is 11.9. The first-order valence-electron chi connectivity index (χ1n) is 7.79. The molecule has 25 heavy (non-hydrogen) atoms. The van der Waals surface area contributed by atoms with Gasteiger partial charge in [0.05, 0.1) is 19.8 Å². The maximum atomic E-state index is 12.5. The highest BCUT2D eigenvalue weighted by Gasteiger charge is 2.11. The molecule has 0 aliphatic rings. The molecule has 0 fully saturated rings. The second-order valence-corrected chi connectivity index (χ2v) is 5.49. The van der Waals surface area contributed by atoms with Crippen LogP contribution in [0.25, 0.3) is 16.8 Å². The van der Waals surface area contributed by atoms with E-state index in [2.05, 4.69) is 0 Å². The molecule has 0 aliphatic carbocycles. The first kappa shape index (κ1) is 16.6. The summed E-state index contributed by atoms with van der Waals surface area (Å²) >= 11 is 0. The number of ketones is 1. The molecule has 0 aliphatic heterocycles. The molecular formula is C21H18O4. The molecule has 126 valence electrons. The predicted molar refractivity (Wildman–Crippen MR) is 98.5 cm³/mol. The van der Waals surface area contributed by atoms with Crippen LogP contribution in [0.3, 0.4) is 0 Å². The smallest absolute Gasteiger partial charge is 0.189 e. The average molecular weight is 334 g/mol. The van der Waals surface area contributed by atoms with Crippen LogP contribution < -0.4 is 9.47 Å². The van der Waals surface area contributed by atoms with Crippen molar-refractivity contribution < 1.29 is 19.4 Å². The van der Waals surface area contributed by atoms with Crippen molar-refractivity contribution in [2.24, 2.45) is 0 Å². The minimum Gasteiger partial charge on any atom is -0.507 e. The molecule has 0 unspecified atom stereocenters. The van der Waals surface area contributed by atoms with Gasteiger partial charge in [0.25, 0.3) is 0 Å². The Labute approximate surface area is 145 Å². The number of allylic oxidation sites excluding steroid dienone is 1. The molecule has 0 spiro atoms. The molecule has 1 N–H and O–H groups in total. The van der Waals surface area contributed by atoms with E-state index in [1.165, 1.54) is 6.08 Å². The molecule has 0 aromatic heterocycles. The van der Waals surface area contributed by atoms with Gasteiger partial charge >= 0.3 is 0 Å². The van der Waals surface area contributed by atoms with Crippen molar-refractivity contribution in [2.45, 2.75) is 0 Å². The first-order chi connectivity index (χ1) is 12.1. The Morgan fingerprint density at radius 2 is 1.80 bits per heavy atom. The quantitative estimate of drug-likeness (QED) is 0.553. The highest BCUT2D eigenvalue weighted by Crippen LogP contribution is 2.30. The van der Waals surface area contributed by atoms with Gasteiger partial charge in [0.2, 0.25) is 0 Å². The molecule has 0 amide bonds. The normalized spacial score (nSPS) is 11.0. The Balaban J connectivity index is 1.92. The fraction of sp³-hybridized carbons (Fsp3) is 0.0952. The van der Waals surface area contributed by atoms with Crippen LogP contribution >= 0.6 is 0 Å². The molecule has 3 rings (SSSR count). The summed E-state index contributed by atoms with van der Waals surface area (Å²) < 4.78 is 10.5. The molecular weight excluding hydrogens is 316 g/mol. The number of methoxy groups -OCH3 is 2. The Hall–Kier alpha value is -3.27. The zero-order chi connectivity index (χ0) is 17.8. The van der Waals surface area contributed by atoms with Gasteiger partial charge in [-0.3, -0.25) is 4.79 Å². The van der Waals surface area contributed by atoms with Crippen LogP contribution in [0, 0.1) is 0 Å². The number of hydrogen-bond donors (Lipinski definition) is 1. The van der Waals surface area contributed by atoms with E-state index >= 15 is 0 Å². The highest BCUT2D eigenvalue weighted by molar-refractivity contribution is 6.11. The molecule has 0 heterocycles. The number of benzene rings is 3. The molecule has 0 radical (unpaired) electrons. The number of phenols is 1. The monoisotopic (exact) mass is 334 g/mol. The standard InChI is InChI=1S/C21H18O4/c1-24-16-10-7-15(20(13-16)25-2)9-12-19(22)18-11-8-14-5-3-4-6-17(14)21(18)23/h3-13,23H,1-2H3. The lowest BCUT2D eigenvalue weighted by Gasteiger charge is -2.07. The highest BCUT2D eigenvalue weighted by atomic mass is 16.5. The molecule has 0 bridgehead atoms. The number of fused-ring (bicyclic) bond motifs is 1. The number of hydrogen-bond acceptors (Lipinski definition) is 4. The average Bonchev–Trinajstić information content (AvgIpc) is 2.66. The summed E-state index contributed by atoms with van der Waals surface area (Å²) in [5.41, 5.74) is 1.01. The Bertz CT molecular complexity index is 957. The predicted octanol–water partition coefficient (Wildman–Crippen LogP) is 4.46. The fourth-order valence-corrected chi connectivity index (χ4v) is 2.67. The number of rotatable bonds is 5. The second kappa shape index (κ2) is 7.09. The summed E-state index contributed by atoms with van der Waals surface area (Å²) in [6, 6.07) is 16.2. The Morgan fingerprint density at radius 3 is 2.56 bits per heavy atom. The third kappa shape index (κ3) is 3.33. The van der Waals surface area contributed by atoms with E-state index < -0.39 is 0 Å². The van der Waals surface area contributed by atoms with E-state index in [4.69, 9.17) is 9.47 Å². The number of phenolic OH excluding ortho intramolecular Hbond substituents is 1. The molecule has 4 nitrogen and oxygen atoms in total. The van der Waals surface area contributed by atoms with Crippen molar-refractivity contribution >= 4 is 22.6 Å². The van der Waals surface area contributed by atoms with Crippen molar-refractivity contribution in [3.8, 4) is 17.2 Å². The Morgan fingerprint density at radius 1 is 1.00 bits per heavy atom. The largest absolute Gasteiger partial charge is 0.507 e. The van der Waals surface area contributed by atoms with Gasteiger partial charge in [0.1, 0.15) is 17.2 Å². The number of carbonyl (C=O) groups is 1.